The highest BCUT2D eigenvalue weighted by Gasteiger charge is 2.29. The van der Waals surface area contributed by atoms with Crippen LogP contribution in [0.25, 0.3) is 0 Å². The molecule has 0 aromatic rings. The fourth-order valence-corrected chi connectivity index (χ4v) is 2.23. The standard InChI is InChI=1S/C13H28N2/c1-10(2)7-15(8-11(3)4)9-13(14)12-5-6-12/h10-13H,5-9,14H2,1-4H3. The van der Waals surface area contributed by atoms with Crippen molar-refractivity contribution < 1.29 is 0 Å². The topological polar surface area (TPSA) is 29.3 Å². The van der Waals surface area contributed by atoms with Crippen molar-refractivity contribution in [3.63, 3.8) is 0 Å². The molecule has 0 bridgehead atoms. The third kappa shape index (κ3) is 5.53. The van der Waals surface area contributed by atoms with Gasteiger partial charge in [-0.2, -0.15) is 0 Å². The number of rotatable bonds is 7. The molecule has 0 heterocycles. The van der Waals surface area contributed by atoms with Crippen molar-refractivity contribution in [2.24, 2.45) is 23.5 Å². The fraction of sp³-hybridized carbons (Fsp3) is 1.00. The second-order valence-corrected chi connectivity index (χ2v) is 6.01. The van der Waals surface area contributed by atoms with Crippen molar-refractivity contribution in [3.8, 4) is 0 Å². The minimum atomic E-state index is 0.419. The maximum Gasteiger partial charge on any atom is 0.0196 e. The summed E-state index contributed by atoms with van der Waals surface area (Å²) in [6.07, 6.45) is 2.72. The van der Waals surface area contributed by atoms with E-state index in [2.05, 4.69) is 32.6 Å². The van der Waals surface area contributed by atoms with Crippen LogP contribution < -0.4 is 5.73 Å². The lowest BCUT2D eigenvalue weighted by Crippen LogP contribution is -2.42. The van der Waals surface area contributed by atoms with E-state index in [0.29, 0.717) is 6.04 Å². The number of nitrogens with two attached hydrogens (primary N) is 1. The predicted octanol–water partition coefficient (Wildman–Crippen LogP) is 2.34. The summed E-state index contributed by atoms with van der Waals surface area (Å²) in [7, 11) is 0. The van der Waals surface area contributed by atoms with Crippen LogP contribution in [0.3, 0.4) is 0 Å². The van der Waals surface area contributed by atoms with E-state index in [0.717, 1.165) is 24.3 Å². The molecule has 2 nitrogen and oxygen atoms in total. The highest BCUT2D eigenvalue weighted by atomic mass is 15.1. The van der Waals surface area contributed by atoms with Crippen molar-refractivity contribution in [1.29, 1.82) is 0 Å². The first kappa shape index (κ1) is 13.0. The zero-order valence-corrected chi connectivity index (χ0v) is 10.9. The van der Waals surface area contributed by atoms with E-state index in [1.165, 1.54) is 25.9 Å². The van der Waals surface area contributed by atoms with Gasteiger partial charge < -0.3 is 10.6 Å². The molecule has 90 valence electrons. The Morgan fingerprint density at radius 1 is 1.00 bits per heavy atom. The molecular weight excluding hydrogens is 184 g/mol. The molecule has 1 aliphatic carbocycles. The summed E-state index contributed by atoms with van der Waals surface area (Å²) in [5.41, 5.74) is 6.19. The van der Waals surface area contributed by atoms with Crippen molar-refractivity contribution in [2.75, 3.05) is 19.6 Å². The molecule has 1 fully saturated rings. The molecule has 0 aliphatic heterocycles. The van der Waals surface area contributed by atoms with E-state index >= 15 is 0 Å². The lowest BCUT2D eigenvalue weighted by molar-refractivity contribution is 0.202. The lowest BCUT2D eigenvalue weighted by Gasteiger charge is -2.28. The van der Waals surface area contributed by atoms with Gasteiger partial charge >= 0.3 is 0 Å². The fourth-order valence-electron chi connectivity index (χ4n) is 2.23. The monoisotopic (exact) mass is 212 g/mol. The van der Waals surface area contributed by atoms with Gasteiger partial charge in [-0.05, 0) is 30.6 Å². The highest BCUT2D eigenvalue weighted by molar-refractivity contribution is 4.86. The van der Waals surface area contributed by atoms with Gasteiger partial charge in [0.15, 0.2) is 0 Å². The van der Waals surface area contributed by atoms with E-state index in [4.69, 9.17) is 5.73 Å². The normalized spacial score (nSPS) is 19.2. The first-order chi connectivity index (χ1) is 6.99. The smallest absolute Gasteiger partial charge is 0.0196 e. The molecule has 2 N–H and O–H groups in total. The Hall–Kier alpha value is -0.0800. The quantitative estimate of drug-likeness (QED) is 0.702. The Labute approximate surface area is 95.2 Å². The largest absolute Gasteiger partial charge is 0.326 e. The van der Waals surface area contributed by atoms with E-state index in [9.17, 15) is 0 Å². The second-order valence-electron chi connectivity index (χ2n) is 6.01. The van der Waals surface area contributed by atoms with Crippen LogP contribution in [0, 0.1) is 17.8 Å². The maximum absolute atomic E-state index is 6.19. The van der Waals surface area contributed by atoms with Crippen LogP contribution in [0.15, 0.2) is 0 Å². The van der Waals surface area contributed by atoms with E-state index in [1.54, 1.807) is 0 Å². The summed E-state index contributed by atoms with van der Waals surface area (Å²) < 4.78 is 0. The highest BCUT2D eigenvalue weighted by Crippen LogP contribution is 2.31. The third-order valence-corrected chi connectivity index (χ3v) is 2.94. The van der Waals surface area contributed by atoms with Gasteiger partial charge in [0.2, 0.25) is 0 Å². The molecule has 0 saturated heterocycles. The first-order valence-electron chi connectivity index (χ1n) is 6.47. The number of hydrogen-bond acceptors (Lipinski definition) is 2. The molecule has 0 aromatic carbocycles. The maximum atomic E-state index is 6.19. The molecule has 0 amide bonds. The molecule has 0 spiro atoms. The summed E-state index contributed by atoms with van der Waals surface area (Å²) in [5, 5.41) is 0. The Balaban J connectivity index is 2.32. The van der Waals surface area contributed by atoms with Crippen molar-refractivity contribution in [1.82, 2.24) is 4.90 Å². The zero-order valence-electron chi connectivity index (χ0n) is 10.9. The van der Waals surface area contributed by atoms with E-state index in [-0.39, 0.29) is 0 Å². The van der Waals surface area contributed by atoms with Gasteiger partial charge in [-0.3, -0.25) is 0 Å². The van der Waals surface area contributed by atoms with Gasteiger partial charge in [-0.25, -0.2) is 0 Å². The molecule has 1 rings (SSSR count). The molecule has 1 aliphatic rings. The van der Waals surface area contributed by atoms with Gasteiger partial charge in [-0.15, -0.1) is 0 Å². The number of hydrogen-bond donors (Lipinski definition) is 1. The Morgan fingerprint density at radius 3 is 1.80 bits per heavy atom. The zero-order chi connectivity index (χ0) is 11.4. The van der Waals surface area contributed by atoms with Crippen LogP contribution >= 0.6 is 0 Å². The molecule has 1 unspecified atom stereocenters. The van der Waals surface area contributed by atoms with Crippen LogP contribution in [-0.2, 0) is 0 Å². The van der Waals surface area contributed by atoms with Gasteiger partial charge in [0.05, 0.1) is 0 Å². The summed E-state index contributed by atoms with van der Waals surface area (Å²) in [4.78, 5) is 2.55. The van der Waals surface area contributed by atoms with E-state index < -0.39 is 0 Å². The van der Waals surface area contributed by atoms with Crippen molar-refractivity contribution in [3.05, 3.63) is 0 Å². The minimum Gasteiger partial charge on any atom is -0.326 e. The van der Waals surface area contributed by atoms with Gasteiger partial charge in [0.25, 0.3) is 0 Å². The Bertz CT molecular complexity index is 163. The average molecular weight is 212 g/mol. The molecule has 2 heteroatoms. The first-order valence-corrected chi connectivity index (χ1v) is 6.47. The van der Waals surface area contributed by atoms with Gasteiger partial charge in [-0.1, -0.05) is 27.7 Å². The summed E-state index contributed by atoms with van der Waals surface area (Å²) in [6.45, 7) is 12.6. The summed E-state index contributed by atoms with van der Waals surface area (Å²) in [6, 6.07) is 0.419. The van der Waals surface area contributed by atoms with E-state index in [1.807, 2.05) is 0 Å². The van der Waals surface area contributed by atoms with Crippen LogP contribution in [0.2, 0.25) is 0 Å². The molecule has 1 saturated carbocycles. The van der Waals surface area contributed by atoms with Crippen LogP contribution in [0.5, 0.6) is 0 Å². The Kier molecular flexibility index (Phi) is 5.07. The lowest BCUT2D eigenvalue weighted by atomic mass is 10.1. The number of nitrogens with zero attached hydrogens (tertiary/aromatic N) is 1. The van der Waals surface area contributed by atoms with Gasteiger partial charge in [0.1, 0.15) is 0 Å². The summed E-state index contributed by atoms with van der Waals surface area (Å²) >= 11 is 0. The van der Waals surface area contributed by atoms with Crippen molar-refractivity contribution >= 4 is 0 Å². The van der Waals surface area contributed by atoms with Crippen LogP contribution in [0.4, 0.5) is 0 Å². The van der Waals surface area contributed by atoms with Crippen LogP contribution in [-0.4, -0.2) is 30.6 Å². The molecule has 1 atom stereocenters. The minimum absolute atomic E-state index is 0.419. The van der Waals surface area contributed by atoms with Crippen LogP contribution in [0.1, 0.15) is 40.5 Å². The van der Waals surface area contributed by atoms with Gasteiger partial charge in [0, 0.05) is 25.7 Å². The van der Waals surface area contributed by atoms with Crippen molar-refractivity contribution in [2.45, 2.75) is 46.6 Å². The molecule has 0 radical (unpaired) electrons. The average Bonchev–Trinajstić information content (AvgIpc) is 2.81. The Morgan fingerprint density at radius 2 is 1.47 bits per heavy atom. The SMILES string of the molecule is CC(C)CN(CC(C)C)CC(N)C1CC1. The molecular formula is C13H28N2. The summed E-state index contributed by atoms with van der Waals surface area (Å²) in [5.74, 6) is 2.32. The second kappa shape index (κ2) is 5.86. The third-order valence-electron chi connectivity index (χ3n) is 2.94. The molecule has 15 heavy (non-hydrogen) atoms. The molecule has 0 aromatic heterocycles. The predicted molar refractivity (Wildman–Crippen MR) is 66.8 cm³/mol.